The van der Waals surface area contributed by atoms with Crippen LogP contribution in [0.2, 0.25) is 0 Å². The number of ketones is 1. The number of amides is 4. The monoisotopic (exact) mass is 677 g/mol. The fourth-order valence-electron chi connectivity index (χ4n) is 5.65. The molecule has 2 aromatic rings. The SMILES string of the molecule is CC(C)C[C@H](NC(=O)[C@H](CCc1ccccc1)NC(=O)CN(C)C)C(=O)N[C@@H](Cc1ccccc1)C(=O)N[C@@H](CC(C)C)C(=O)[C@@]1(C)CO1. The van der Waals surface area contributed by atoms with Crippen molar-refractivity contribution in [2.24, 2.45) is 11.8 Å². The van der Waals surface area contributed by atoms with E-state index in [1.165, 1.54) is 0 Å². The second-order valence-electron chi connectivity index (χ2n) is 14.4. The number of nitrogens with one attached hydrogen (secondary N) is 4. The van der Waals surface area contributed by atoms with Gasteiger partial charge in [0.2, 0.25) is 23.6 Å². The van der Waals surface area contributed by atoms with Crippen LogP contribution in [-0.4, -0.2) is 91.3 Å². The summed E-state index contributed by atoms with van der Waals surface area (Å²) in [6, 6.07) is 15.3. The summed E-state index contributed by atoms with van der Waals surface area (Å²) in [5.41, 5.74) is 0.919. The summed E-state index contributed by atoms with van der Waals surface area (Å²) in [6.45, 7) is 9.95. The highest BCUT2D eigenvalue weighted by Crippen LogP contribution is 2.29. The fraction of sp³-hybridized carbons (Fsp3) is 0.553. The number of ether oxygens (including phenoxy) is 1. The van der Waals surface area contributed by atoms with Crippen molar-refractivity contribution in [3.05, 3.63) is 71.8 Å². The minimum absolute atomic E-state index is 0.0240. The van der Waals surface area contributed by atoms with Crippen molar-refractivity contribution in [2.45, 2.75) is 96.5 Å². The molecule has 0 spiro atoms. The molecule has 3 rings (SSSR count). The van der Waals surface area contributed by atoms with Crippen LogP contribution in [0, 0.1) is 11.8 Å². The highest BCUT2D eigenvalue weighted by atomic mass is 16.6. The molecule has 11 nitrogen and oxygen atoms in total. The van der Waals surface area contributed by atoms with Crippen LogP contribution in [0.1, 0.15) is 65.0 Å². The third-order valence-corrected chi connectivity index (χ3v) is 8.37. The van der Waals surface area contributed by atoms with E-state index in [2.05, 4.69) is 21.3 Å². The van der Waals surface area contributed by atoms with Crippen molar-refractivity contribution >= 4 is 29.4 Å². The Morgan fingerprint density at radius 2 is 1.16 bits per heavy atom. The summed E-state index contributed by atoms with van der Waals surface area (Å²) in [5, 5.41) is 11.5. The Hall–Kier alpha value is -4.09. The van der Waals surface area contributed by atoms with E-state index in [1.54, 1.807) is 25.9 Å². The molecule has 0 bridgehead atoms. The van der Waals surface area contributed by atoms with Gasteiger partial charge in [0.05, 0.1) is 19.2 Å². The Balaban J connectivity index is 1.82. The van der Waals surface area contributed by atoms with Gasteiger partial charge in [-0.15, -0.1) is 0 Å². The van der Waals surface area contributed by atoms with Crippen molar-refractivity contribution in [3.63, 3.8) is 0 Å². The molecule has 2 aromatic carbocycles. The van der Waals surface area contributed by atoms with Crippen molar-refractivity contribution in [1.29, 1.82) is 0 Å². The molecule has 0 aromatic heterocycles. The molecule has 268 valence electrons. The Bertz CT molecular complexity index is 1390. The summed E-state index contributed by atoms with van der Waals surface area (Å²) in [4.78, 5) is 69.4. The summed E-state index contributed by atoms with van der Waals surface area (Å²) in [6.07, 6.45) is 1.78. The van der Waals surface area contributed by atoms with Crippen LogP contribution in [0.5, 0.6) is 0 Å². The van der Waals surface area contributed by atoms with E-state index in [-0.39, 0.29) is 36.5 Å². The Morgan fingerprint density at radius 1 is 0.694 bits per heavy atom. The second kappa shape index (κ2) is 18.6. The zero-order chi connectivity index (χ0) is 36.1. The van der Waals surface area contributed by atoms with Crippen LogP contribution < -0.4 is 21.3 Å². The summed E-state index contributed by atoms with van der Waals surface area (Å²) < 4.78 is 5.39. The molecule has 0 unspecified atom stereocenters. The molecule has 4 N–H and O–H groups in total. The first kappa shape index (κ1) is 39.3. The summed E-state index contributed by atoms with van der Waals surface area (Å²) >= 11 is 0. The smallest absolute Gasteiger partial charge is 0.243 e. The average molecular weight is 678 g/mol. The minimum atomic E-state index is -1.02. The lowest BCUT2D eigenvalue weighted by Crippen LogP contribution is -2.59. The zero-order valence-corrected chi connectivity index (χ0v) is 30.1. The molecular formula is C38H55N5O6. The number of hydrogen-bond acceptors (Lipinski definition) is 7. The van der Waals surface area contributed by atoms with Gasteiger partial charge in [0, 0.05) is 6.42 Å². The predicted octanol–water partition coefficient (Wildman–Crippen LogP) is 2.81. The number of epoxide rings is 1. The highest BCUT2D eigenvalue weighted by Gasteiger charge is 2.50. The number of carbonyl (C=O) groups excluding carboxylic acids is 5. The average Bonchev–Trinajstić information content (AvgIpc) is 3.79. The van der Waals surface area contributed by atoms with Gasteiger partial charge in [0.1, 0.15) is 23.7 Å². The van der Waals surface area contributed by atoms with Crippen molar-refractivity contribution in [3.8, 4) is 0 Å². The lowest BCUT2D eigenvalue weighted by atomic mass is 9.93. The van der Waals surface area contributed by atoms with Gasteiger partial charge in [-0.05, 0) is 69.7 Å². The highest BCUT2D eigenvalue weighted by molar-refractivity contribution is 5.98. The normalized spacial score (nSPS) is 17.9. The van der Waals surface area contributed by atoms with Crippen molar-refractivity contribution in [1.82, 2.24) is 26.2 Å². The third-order valence-electron chi connectivity index (χ3n) is 8.37. The number of hydrogen-bond donors (Lipinski definition) is 4. The van der Waals surface area contributed by atoms with Gasteiger partial charge in [-0.2, -0.15) is 0 Å². The van der Waals surface area contributed by atoms with Gasteiger partial charge < -0.3 is 30.9 Å². The maximum absolute atomic E-state index is 14.0. The van der Waals surface area contributed by atoms with Crippen LogP contribution >= 0.6 is 0 Å². The third kappa shape index (κ3) is 13.4. The number of likely N-dealkylation sites (N-methyl/N-ethyl adjacent to an activating group) is 1. The molecule has 1 heterocycles. The fourth-order valence-corrected chi connectivity index (χ4v) is 5.65. The molecular weight excluding hydrogens is 622 g/mol. The molecule has 1 aliphatic rings. The lowest BCUT2D eigenvalue weighted by molar-refractivity contribution is -0.135. The van der Waals surface area contributed by atoms with E-state index in [4.69, 9.17) is 4.74 Å². The Labute approximate surface area is 291 Å². The molecule has 4 amide bonds. The molecule has 1 saturated heterocycles. The molecule has 1 fully saturated rings. The second-order valence-corrected chi connectivity index (χ2v) is 14.4. The van der Waals surface area contributed by atoms with Gasteiger partial charge in [-0.3, -0.25) is 24.0 Å². The van der Waals surface area contributed by atoms with Crippen LogP contribution in [0.15, 0.2) is 60.7 Å². The van der Waals surface area contributed by atoms with E-state index in [0.29, 0.717) is 32.3 Å². The standard InChI is InChI=1S/C38H55N5O6/c1-25(2)20-30(34(45)38(5)24-49-38)40-37(48)32(22-28-16-12-9-13-17-28)42-36(47)31(21-26(3)4)41-35(46)29(39-33(44)23-43(6)7)19-18-27-14-10-8-11-15-27/h8-17,25-26,29-32H,18-24H2,1-7H3,(H,39,44)(H,40,48)(H,41,46)(H,42,47)/t29-,30-,31-,32-,38+/m0/s1. The number of benzene rings is 2. The first-order valence-corrected chi connectivity index (χ1v) is 17.3. The largest absolute Gasteiger partial charge is 0.361 e. The number of Topliss-reactive ketones (excluding diaryl/α,β-unsaturated/α-hetero) is 1. The zero-order valence-electron chi connectivity index (χ0n) is 30.1. The lowest BCUT2D eigenvalue weighted by Gasteiger charge is -2.28. The Kier molecular flexibility index (Phi) is 14.9. The van der Waals surface area contributed by atoms with Gasteiger partial charge in [-0.1, -0.05) is 88.4 Å². The molecule has 0 aliphatic carbocycles. The Morgan fingerprint density at radius 3 is 1.69 bits per heavy atom. The van der Waals surface area contributed by atoms with Crippen LogP contribution in [-0.2, 0) is 41.6 Å². The first-order valence-electron chi connectivity index (χ1n) is 17.3. The van der Waals surface area contributed by atoms with Crippen molar-refractivity contribution in [2.75, 3.05) is 27.2 Å². The molecule has 49 heavy (non-hydrogen) atoms. The molecule has 0 saturated carbocycles. The minimum Gasteiger partial charge on any atom is -0.361 e. The molecule has 1 aliphatic heterocycles. The van der Waals surface area contributed by atoms with Gasteiger partial charge in [0.25, 0.3) is 0 Å². The maximum Gasteiger partial charge on any atom is 0.243 e. The van der Waals surface area contributed by atoms with Crippen molar-refractivity contribution < 1.29 is 28.7 Å². The van der Waals surface area contributed by atoms with E-state index in [9.17, 15) is 24.0 Å². The number of nitrogens with zero attached hydrogens (tertiary/aromatic N) is 1. The summed E-state index contributed by atoms with van der Waals surface area (Å²) in [5.74, 6) is -1.85. The molecule has 5 atom stereocenters. The van der Waals surface area contributed by atoms with E-state index in [1.807, 2.05) is 88.4 Å². The summed E-state index contributed by atoms with van der Waals surface area (Å²) in [7, 11) is 3.54. The predicted molar refractivity (Wildman–Crippen MR) is 189 cm³/mol. The van der Waals surface area contributed by atoms with E-state index < -0.39 is 47.5 Å². The number of rotatable bonds is 20. The van der Waals surface area contributed by atoms with Crippen LogP contribution in [0.25, 0.3) is 0 Å². The van der Waals surface area contributed by atoms with E-state index in [0.717, 1.165) is 11.1 Å². The van der Waals surface area contributed by atoms with Gasteiger partial charge in [-0.25, -0.2) is 0 Å². The van der Waals surface area contributed by atoms with Crippen LogP contribution in [0.4, 0.5) is 0 Å². The maximum atomic E-state index is 14.0. The number of carbonyl (C=O) groups is 5. The quantitative estimate of drug-likeness (QED) is 0.158. The van der Waals surface area contributed by atoms with Gasteiger partial charge in [0.15, 0.2) is 5.78 Å². The topological polar surface area (TPSA) is 149 Å². The number of aryl methyl sites for hydroxylation is 1. The van der Waals surface area contributed by atoms with Gasteiger partial charge >= 0.3 is 0 Å². The first-order chi connectivity index (χ1) is 23.2. The molecule has 11 heteroatoms. The molecule has 0 radical (unpaired) electrons. The van der Waals surface area contributed by atoms with Crippen LogP contribution in [0.3, 0.4) is 0 Å². The van der Waals surface area contributed by atoms with E-state index >= 15 is 0 Å².